The number of aldehydes is 1. The van der Waals surface area contributed by atoms with Crippen LogP contribution in [-0.4, -0.2) is 6.29 Å². The molecular formula is C28H52O. The van der Waals surface area contributed by atoms with Gasteiger partial charge in [-0.25, -0.2) is 0 Å². The Labute approximate surface area is 183 Å². The van der Waals surface area contributed by atoms with Crippen LogP contribution < -0.4 is 0 Å². The predicted molar refractivity (Wildman–Crippen MR) is 132 cm³/mol. The lowest BCUT2D eigenvalue weighted by Crippen LogP contribution is -1.85. The van der Waals surface area contributed by atoms with E-state index in [1.165, 1.54) is 116 Å². The molecule has 0 fully saturated rings. The minimum atomic E-state index is 0.747. The van der Waals surface area contributed by atoms with E-state index < -0.39 is 0 Å². The standard InChI is InChI=1S/C28H52O/c1-3-5-6-7-8-9-10-11-12-15-18-21-25-28(24-4-2)26-22-19-16-13-14-17-20-23-27-29/h21,24-25,27H,3-20,22-23,26H2,1-2H3. The van der Waals surface area contributed by atoms with Crippen molar-refractivity contribution in [3.8, 4) is 0 Å². The molecule has 0 aliphatic heterocycles. The summed E-state index contributed by atoms with van der Waals surface area (Å²) in [5.41, 5.74) is 1.55. The van der Waals surface area contributed by atoms with Gasteiger partial charge in [-0.1, -0.05) is 128 Å². The summed E-state index contributed by atoms with van der Waals surface area (Å²) in [6, 6.07) is 0. The topological polar surface area (TPSA) is 17.1 Å². The molecule has 0 amide bonds. The van der Waals surface area contributed by atoms with E-state index in [1.54, 1.807) is 5.57 Å². The van der Waals surface area contributed by atoms with Crippen LogP contribution >= 0.6 is 0 Å². The molecule has 1 heteroatoms. The molecule has 0 aromatic heterocycles. The molecular weight excluding hydrogens is 352 g/mol. The van der Waals surface area contributed by atoms with E-state index >= 15 is 0 Å². The van der Waals surface area contributed by atoms with Crippen LogP contribution in [0.4, 0.5) is 0 Å². The summed E-state index contributed by atoms with van der Waals surface area (Å²) < 4.78 is 0. The van der Waals surface area contributed by atoms with Crippen LogP contribution in [-0.2, 0) is 4.79 Å². The molecule has 0 saturated heterocycles. The van der Waals surface area contributed by atoms with E-state index in [0.29, 0.717) is 0 Å². The number of carbonyl (C=O) groups is 1. The summed E-state index contributed by atoms with van der Waals surface area (Å²) in [7, 11) is 0. The summed E-state index contributed by atoms with van der Waals surface area (Å²) in [6.07, 6.45) is 35.8. The minimum absolute atomic E-state index is 0.747. The highest BCUT2D eigenvalue weighted by Crippen LogP contribution is 2.16. The van der Waals surface area contributed by atoms with Crippen molar-refractivity contribution in [1.29, 1.82) is 0 Å². The van der Waals surface area contributed by atoms with Crippen LogP contribution in [0.5, 0.6) is 0 Å². The smallest absolute Gasteiger partial charge is 0.119 e. The van der Waals surface area contributed by atoms with Gasteiger partial charge < -0.3 is 4.79 Å². The number of rotatable bonds is 23. The lowest BCUT2D eigenvalue weighted by molar-refractivity contribution is -0.107. The number of allylic oxidation sites excluding steroid dienone is 4. The van der Waals surface area contributed by atoms with Gasteiger partial charge in [-0.3, -0.25) is 0 Å². The van der Waals surface area contributed by atoms with E-state index in [4.69, 9.17) is 0 Å². The van der Waals surface area contributed by atoms with Crippen molar-refractivity contribution >= 4 is 6.29 Å². The fourth-order valence-corrected chi connectivity index (χ4v) is 3.94. The third-order valence-corrected chi connectivity index (χ3v) is 5.81. The SMILES string of the molecule is CCC=C(C=CCCCCCCCCCCCC)CCCCCCCCCC=O. The first-order chi connectivity index (χ1) is 14.3. The molecule has 0 heterocycles. The zero-order chi connectivity index (χ0) is 21.3. The normalized spacial score (nSPS) is 12.1. The van der Waals surface area contributed by atoms with Gasteiger partial charge in [-0.15, -0.1) is 0 Å². The molecule has 0 aromatic carbocycles. The first-order valence-corrected chi connectivity index (χ1v) is 13.1. The second-order valence-electron chi connectivity index (χ2n) is 8.74. The first kappa shape index (κ1) is 28.1. The third kappa shape index (κ3) is 23.3. The molecule has 0 bridgehead atoms. The molecule has 0 aromatic rings. The number of carbonyl (C=O) groups excluding carboxylic acids is 1. The summed E-state index contributed by atoms with van der Waals surface area (Å²) in [4.78, 5) is 10.3. The highest BCUT2D eigenvalue weighted by molar-refractivity contribution is 5.48. The van der Waals surface area contributed by atoms with Crippen LogP contribution in [0, 0.1) is 0 Å². The molecule has 0 radical (unpaired) electrons. The fourth-order valence-electron chi connectivity index (χ4n) is 3.94. The van der Waals surface area contributed by atoms with Crippen LogP contribution in [0.3, 0.4) is 0 Å². The van der Waals surface area contributed by atoms with Gasteiger partial charge in [0.25, 0.3) is 0 Å². The van der Waals surface area contributed by atoms with Crippen LogP contribution in [0.2, 0.25) is 0 Å². The Kier molecular flexibility index (Phi) is 24.4. The second kappa shape index (κ2) is 25.2. The van der Waals surface area contributed by atoms with Crippen molar-refractivity contribution in [3.05, 3.63) is 23.8 Å². The molecule has 0 N–H and O–H groups in total. The maximum Gasteiger partial charge on any atom is 0.119 e. The Morgan fingerprint density at radius 1 is 0.586 bits per heavy atom. The second-order valence-corrected chi connectivity index (χ2v) is 8.74. The van der Waals surface area contributed by atoms with Gasteiger partial charge in [0.15, 0.2) is 0 Å². The molecule has 0 atom stereocenters. The van der Waals surface area contributed by atoms with Gasteiger partial charge in [0.05, 0.1) is 0 Å². The molecule has 0 spiro atoms. The van der Waals surface area contributed by atoms with Crippen LogP contribution in [0.25, 0.3) is 0 Å². The van der Waals surface area contributed by atoms with Gasteiger partial charge in [-0.2, -0.15) is 0 Å². The lowest BCUT2D eigenvalue weighted by Gasteiger charge is -2.04. The van der Waals surface area contributed by atoms with E-state index in [1.807, 2.05) is 0 Å². The molecule has 0 unspecified atom stereocenters. The Bertz CT molecular complexity index is 380. The van der Waals surface area contributed by atoms with Gasteiger partial charge in [-0.05, 0) is 38.5 Å². The first-order valence-electron chi connectivity index (χ1n) is 13.1. The zero-order valence-electron chi connectivity index (χ0n) is 20.1. The van der Waals surface area contributed by atoms with E-state index in [-0.39, 0.29) is 0 Å². The highest BCUT2D eigenvalue weighted by atomic mass is 16.1. The van der Waals surface area contributed by atoms with Gasteiger partial charge in [0, 0.05) is 6.42 Å². The molecule has 0 aliphatic rings. The third-order valence-electron chi connectivity index (χ3n) is 5.81. The fraction of sp³-hybridized carbons (Fsp3) is 0.821. The minimum Gasteiger partial charge on any atom is -0.303 e. The molecule has 0 aliphatic carbocycles. The molecule has 0 rings (SSSR count). The van der Waals surface area contributed by atoms with Crippen molar-refractivity contribution < 1.29 is 4.79 Å². The number of hydrogen-bond acceptors (Lipinski definition) is 1. The Balaban J connectivity index is 3.56. The van der Waals surface area contributed by atoms with Crippen molar-refractivity contribution in [2.45, 2.75) is 149 Å². The number of hydrogen-bond donors (Lipinski definition) is 0. The summed E-state index contributed by atoms with van der Waals surface area (Å²) >= 11 is 0. The summed E-state index contributed by atoms with van der Waals surface area (Å²) in [6.45, 7) is 4.54. The zero-order valence-corrected chi connectivity index (χ0v) is 20.1. The Hall–Kier alpha value is -0.850. The predicted octanol–water partition coefficient (Wildman–Crippen LogP) is 9.90. The van der Waals surface area contributed by atoms with E-state index in [2.05, 4.69) is 32.1 Å². The van der Waals surface area contributed by atoms with Gasteiger partial charge in [0.1, 0.15) is 6.29 Å². The summed E-state index contributed by atoms with van der Waals surface area (Å²) in [5, 5.41) is 0. The van der Waals surface area contributed by atoms with Gasteiger partial charge >= 0.3 is 0 Å². The van der Waals surface area contributed by atoms with Crippen LogP contribution in [0.1, 0.15) is 149 Å². The maximum absolute atomic E-state index is 10.3. The summed E-state index contributed by atoms with van der Waals surface area (Å²) in [5.74, 6) is 0. The average molecular weight is 405 g/mol. The molecule has 0 saturated carbocycles. The largest absolute Gasteiger partial charge is 0.303 e. The monoisotopic (exact) mass is 404 g/mol. The van der Waals surface area contributed by atoms with Crippen LogP contribution in [0.15, 0.2) is 23.8 Å². The average Bonchev–Trinajstić information content (AvgIpc) is 2.73. The Morgan fingerprint density at radius 3 is 1.59 bits per heavy atom. The molecule has 1 nitrogen and oxygen atoms in total. The lowest BCUT2D eigenvalue weighted by atomic mass is 10.0. The quantitative estimate of drug-likeness (QED) is 0.0940. The molecule has 29 heavy (non-hydrogen) atoms. The van der Waals surface area contributed by atoms with Crippen molar-refractivity contribution in [1.82, 2.24) is 0 Å². The van der Waals surface area contributed by atoms with E-state index in [9.17, 15) is 4.79 Å². The highest BCUT2D eigenvalue weighted by Gasteiger charge is 1.96. The number of unbranched alkanes of at least 4 members (excludes halogenated alkanes) is 17. The van der Waals surface area contributed by atoms with E-state index in [0.717, 1.165) is 25.5 Å². The molecule has 170 valence electrons. The van der Waals surface area contributed by atoms with Crippen molar-refractivity contribution in [2.24, 2.45) is 0 Å². The Morgan fingerprint density at radius 2 is 1.07 bits per heavy atom. The van der Waals surface area contributed by atoms with Crippen molar-refractivity contribution in [2.75, 3.05) is 0 Å². The maximum atomic E-state index is 10.3. The van der Waals surface area contributed by atoms with Gasteiger partial charge in [0.2, 0.25) is 0 Å². The van der Waals surface area contributed by atoms with Crippen molar-refractivity contribution in [3.63, 3.8) is 0 Å².